The van der Waals surface area contributed by atoms with Crippen LogP contribution in [0.3, 0.4) is 0 Å². The van der Waals surface area contributed by atoms with Gasteiger partial charge in [0.1, 0.15) is 17.9 Å². The number of aryl methyl sites for hydroxylation is 1. The molecule has 0 aliphatic carbocycles. The molecule has 1 aliphatic heterocycles. The Morgan fingerprint density at radius 3 is 2.50 bits per heavy atom. The molecule has 1 aromatic heterocycles. The van der Waals surface area contributed by atoms with E-state index in [9.17, 15) is 9.59 Å². The Balaban J connectivity index is 2.01. The van der Waals surface area contributed by atoms with Crippen LogP contribution in [0.5, 0.6) is 0 Å². The lowest BCUT2D eigenvalue weighted by molar-refractivity contribution is -0.114. The molecule has 2 rings (SSSR count). The smallest absolute Gasteiger partial charge is 0.425 e. The van der Waals surface area contributed by atoms with Gasteiger partial charge in [-0.2, -0.15) is 11.8 Å². The van der Waals surface area contributed by atoms with E-state index in [0.29, 0.717) is 6.42 Å². The maximum absolute atomic E-state index is 12.8. The minimum Gasteiger partial charge on any atom is -0.443 e. The van der Waals surface area contributed by atoms with Gasteiger partial charge in [-0.15, -0.1) is 0 Å². The molecule has 1 N–H and O–H groups in total. The monoisotopic (exact) mass is 437 g/mol. The summed E-state index contributed by atoms with van der Waals surface area (Å²) in [6.07, 6.45) is 9.16. The Morgan fingerprint density at radius 1 is 1.37 bits per heavy atom. The van der Waals surface area contributed by atoms with Crippen molar-refractivity contribution in [1.82, 2.24) is 20.4 Å². The number of aldehydes is 1. The van der Waals surface area contributed by atoms with E-state index in [2.05, 4.69) is 27.2 Å². The predicted octanol–water partition coefficient (Wildman–Crippen LogP) is 3.07. The zero-order valence-electron chi connectivity index (χ0n) is 18.8. The van der Waals surface area contributed by atoms with E-state index in [1.807, 2.05) is 39.4 Å². The maximum atomic E-state index is 12.8. The molecule has 1 atom stereocenters. The van der Waals surface area contributed by atoms with E-state index in [0.717, 1.165) is 55.9 Å². The van der Waals surface area contributed by atoms with Crippen LogP contribution in [0.2, 0.25) is 0 Å². The average molecular weight is 438 g/mol. The van der Waals surface area contributed by atoms with Crippen molar-refractivity contribution < 1.29 is 14.3 Å². The molecule has 0 bridgehead atoms. The molecule has 30 heavy (non-hydrogen) atoms. The van der Waals surface area contributed by atoms with Crippen molar-refractivity contribution in [2.75, 3.05) is 30.0 Å². The van der Waals surface area contributed by atoms with Gasteiger partial charge < -0.3 is 14.4 Å². The van der Waals surface area contributed by atoms with Crippen LogP contribution in [0.25, 0.3) is 0 Å². The van der Waals surface area contributed by atoms with Gasteiger partial charge in [0, 0.05) is 31.5 Å². The third kappa shape index (κ3) is 7.43. The van der Waals surface area contributed by atoms with Gasteiger partial charge in [0.05, 0.1) is 0 Å². The molecule has 8 nitrogen and oxygen atoms in total. The minimum atomic E-state index is -0.630. The highest BCUT2D eigenvalue weighted by Crippen LogP contribution is 2.19. The fraction of sp³-hybridized carbons (Fsp3) is 0.714. The molecular formula is C21H35N5O3S. The van der Waals surface area contributed by atoms with Crippen molar-refractivity contribution >= 4 is 30.1 Å². The normalized spacial score (nSPS) is 16.2. The van der Waals surface area contributed by atoms with E-state index in [-0.39, 0.29) is 6.04 Å². The fourth-order valence-electron chi connectivity index (χ4n) is 3.19. The molecule has 0 spiro atoms. The molecule has 1 aromatic rings. The first-order valence-electron chi connectivity index (χ1n) is 10.6. The van der Waals surface area contributed by atoms with E-state index in [1.54, 1.807) is 11.8 Å². The molecule has 0 unspecified atom stereocenters. The van der Waals surface area contributed by atoms with Crippen LogP contribution in [0.1, 0.15) is 52.5 Å². The lowest BCUT2D eigenvalue weighted by Crippen LogP contribution is -2.57. The maximum Gasteiger partial charge on any atom is 0.425 e. The number of anilines is 1. The summed E-state index contributed by atoms with van der Waals surface area (Å²) in [7, 11) is 0. The first-order chi connectivity index (χ1) is 14.3. The van der Waals surface area contributed by atoms with Crippen LogP contribution in [-0.2, 0) is 16.0 Å². The third-order valence-corrected chi connectivity index (χ3v) is 5.54. The first-order valence-corrected chi connectivity index (χ1v) is 11.9. The molecule has 2 heterocycles. The number of hydrogen-bond donors (Lipinski definition) is 1. The number of hydrogen-bond acceptors (Lipinski definition) is 8. The molecule has 0 saturated carbocycles. The van der Waals surface area contributed by atoms with Crippen molar-refractivity contribution in [1.29, 1.82) is 0 Å². The highest BCUT2D eigenvalue weighted by Gasteiger charge is 2.31. The van der Waals surface area contributed by atoms with E-state index in [4.69, 9.17) is 4.74 Å². The largest absolute Gasteiger partial charge is 0.443 e. The summed E-state index contributed by atoms with van der Waals surface area (Å²) in [6, 6.07) is -0.490. The summed E-state index contributed by atoms with van der Waals surface area (Å²) in [5.41, 5.74) is 3.77. The Labute approximate surface area is 184 Å². The number of piperidine rings is 1. The van der Waals surface area contributed by atoms with Crippen molar-refractivity contribution in [2.45, 2.75) is 71.1 Å². The van der Waals surface area contributed by atoms with Gasteiger partial charge in [-0.05, 0) is 64.0 Å². The number of carbonyl (C=O) groups excluding carboxylic acids is 2. The average Bonchev–Trinajstić information content (AvgIpc) is 2.72. The number of aromatic nitrogens is 2. The number of carbonyl (C=O) groups is 2. The van der Waals surface area contributed by atoms with Crippen molar-refractivity contribution in [2.24, 2.45) is 0 Å². The number of thioether (sulfide) groups is 1. The Morgan fingerprint density at radius 2 is 2.00 bits per heavy atom. The molecule has 0 radical (unpaired) electrons. The van der Waals surface area contributed by atoms with Crippen LogP contribution in [0.15, 0.2) is 12.4 Å². The number of rotatable bonds is 9. The summed E-state index contributed by atoms with van der Waals surface area (Å²) < 4.78 is 5.54. The number of nitrogens with zero attached hydrogens (tertiary/aromatic N) is 4. The summed E-state index contributed by atoms with van der Waals surface area (Å²) in [5.74, 6) is 1.52. The van der Waals surface area contributed by atoms with Gasteiger partial charge in [0.2, 0.25) is 5.95 Å². The third-order valence-electron chi connectivity index (χ3n) is 4.90. The van der Waals surface area contributed by atoms with Crippen LogP contribution in [-0.4, -0.2) is 70.1 Å². The van der Waals surface area contributed by atoms with Gasteiger partial charge in [-0.25, -0.2) is 25.2 Å². The first kappa shape index (κ1) is 24.4. The van der Waals surface area contributed by atoms with Crippen LogP contribution < -0.4 is 10.3 Å². The van der Waals surface area contributed by atoms with Crippen molar-refractivity contribution in [3.05, 3.63) is 18.0 Å². The minimum absolute atomic E-state index is 0.0698. The van der Waals surface area contributed by atoms with Gasteiger partial charge in [-0.3, -0.25) is 0 Å². The molecule has 168 valence electrons. The summed E-state index contributed by atoms with van der Waals surface area (Å²) in [6.45, 7) is 9.11. The zero-order valence-corrected chi connectivity index (χ0v) is 19.6. The van der Waals surface area contributed by atoms with Crippen molar-refractivity contribution in [3.8, 4) is 0 Å². The molecule has 9 heteroatoms. The van der Waals surface area contributed by atoms with E-state index < -0.39 is 17.7 Å². The van der Waals surface area contributed by atoms with Gasteiger partial charge in [-0.1, -0.05) is 6.92 Å². The Bertz CT molecular complexity index is 672. The van der Waals surface area contributed by atoms with Crippen LogP contribution >= 0.6 is 11.8 Å². The summed E-state index contributed by atoms with van der Waals surface area (Å²) in [5, 5.41) is 1.39. The molecule has 1 saturated heterocycles. The van der Waals surface area contributed by atoms with Crippen molar-refractivity contribution in [3.63, 3.8) is 0 Å². The Hall–Kier alpha value is -1.87. The SMILES string of the molecule is CCc1cnc(N2CCC(NN(C(=O)OC(C)(C)C)[C@H](C=O)CCSC)CC2)nc1. The lowest BCUT2D eigenvalue weighted by atomic mass is 10.1. The lowest BCUT2D eigenvalue weighted by Gasteiger charge is -2.38. The molecular weight excluding hydrogens is 402 g/mol. The molecule has 0 aromatic carbocycles. The number of hydrazine groups is 1. The highest BCUT2D eigenvalue weighted by molar-refractivity contribution is 7.98. The number of amides is 1. The quantitative estimate of drug-likeness (QED) is 0.466. The standard InChI is InChI=1S/C21H35N5O3S/c1-6-16-13-22-19(23-14-16)25-10-7-17(8-11-25)24-26(18(15-27)9-12-30-5)20(28)29-21(2,3)4/h13-15,17-18,24H,6-12H2,1-5H3/t18-/m0/s1. The van der Waals surface area contributed by atoms with Gasteiger partial charge in [0.25, 0.3) is 0 Å². The van der Waals surface area contributed by atoms with Crippen LogP contribution in [0.4, 0.5) is 10.7 Å². The fourth-order valence-corrected chi connectivity index (χ4v) is 3.67. The second kappa shape index (κ2) is 11.5. The zero-order chi connectivity index (χ0) is 22.1. The number of nitrogens with one attached hydrogen (secondary N) is 1. The van der Waals surface area contributed by atoms with Crippen LogP contribution in [0, 0.1) is 0 Å². The van der Waals surface area contributed by atoms with E-state index in [1.165, 1.54) is 5.01 Å². The van der Waals surface area contributed by atoms with E-state index >= 15 is 0 Å². The molecule has 1 aliphatic rings. The van der Waals surface area contributed by atoms with Gasteiger partial charge in [0.15, 0.2) is 0 Å². The predicted molar refractivity (Wildman–Crippen MR) is 121 cm³/mol. The summed E-state index contributed by atoms with van der Waals surface area (Å²) >= 11 is 1.65. The second-order valence-electron chi connectivity index (χ2n) is 8.47. The highest BCUT2D eigenvalue weighted by atomic mass is 32.2. The molecule has 1 fully saturated rings. The summed E-state index contributed by atoms with van der Waals surface area (Å²) in [4.78, 5) is 35.6. The topological polar surface area (TPSA) is 87.7 Å². The second-order valence-corrected chi connectivity index (χ2v) is 9.46. The number of ether oxygens (including phenoxy) is 1. The molecule has 1 amide bonds. The van der Waals surface area contributed by atoms with Gasteiger partial charge >= 0.3 is 6.09 Å². The Kier molecular flexibility index (Phi) is 9.36.